The third-order valence-corrected chi connectivity index (χ3v) is 8.10. The first-order valence-corrected chi connectivity index (χ1v) is 14.3. The Morgan fingerprint density at radius 1 is 0.757 bits per heavy atom. The van der Waals surface area contributed by atoms with E-state index < -0.39 is 10.0 Å². The van der Waals surface area contributed by atoms with Crippen molar-refractivity contribution >= 4 is 32.4 Å². The molecule has 0 aromatic heterocycles. The van der Waals surface area contributed by atoms with Crippen molar-refractivity contribution in [1.29, 1.82) is 0 Å². The fourth-order valence-electron chi connectivity index (χ4n) is 5.14. The van der Waals surface area contributed by atoms with Crippen molar-refractivity contribution < 1.29 is 13.2 Å². The maximum absolute atomic E-state index is 13.4. The minimum absolute atomic E-state index is 0.0999. The van der Waals surface area contributed by atoms with Crippen LogP contribution in [-0.2, 0) is 14.8 Å². The molecule has 1 amide bonds. The highest BCUT2D eigenvalue weighted by molar-refractivity contribution is 7.92. The number of piperazine rings is 1. The predicted octanol–water partition coefficient (Wildman–Crippen LogP) is 4.54. The maximum atomic E-state index is 13.4. The molecule has 5 rings (SSSR count). The number of carbonyl (C=O) groups is 1. The molecule has 1 saturated heterocycles. The molecule has 6 nitrogen and oxygen atoms in total. The molecule has 1 fully saturated rings. The zero-order valence-electron chi connectivity index (χ0n) is 20.9. The lowest BCUT2D eigenvalue weighted by Gasteiger charge is -2.40. The normalized spacial score (nSPS) is 14.7. The average Bonchev–Trinajstić information content (AvgIpc) is 2.92. The molecule has 4 aromatic carbocycles. The molecule has 0 bridgehead atoms. The number of hydrogen-bond donors (Lipinski definition) is 0. The predicted molar refractivity (Wildman–Crippen MR) is 149 cm³/mol. The topological polar surface area (TPSA) is 60.9 Å². The first kappa shape index (κ1) is 25.0. The zero-order chi connectivity index (χ0) is 25.8. The highest BCUT2D eigenvalue weighted by atomic mass is 32.2. The second kappa shape index (κ2) is 10.7. The highest BCUT2D eigenvalue weighted by Crippen LogP contribution is 2.31. The molecule has 190 valence electrons. The van der Waals surface area contributed by atoms with Crippen molar-refractivity contribution in [1.82, 2.24) is 9.80 Å². The minimum Gasteiger partial charge on any atom is -0.339 e. The van der Waals surface area contributed by atoms with Crippen LogP contribution in [-0.4, -0.2) is 63.1 Å². The number of amides is 1. The van der Waals surface area contributed by atoms with E-state index in [9.17, 15) is 13.2 Å². The summed E-state index contributed by atoms with van der Waals surface area (Å²) in [5.74, 6) is -0.186. The van der Waals surface area contributed by atoms with E-state index in [0.717, 1.165) is 17.0 Å². The van der Waals surface area contributed by atoms with Gasteiger partial charge in [0.05, 0.1) is 18.0 Å². The SMILES string of the molecule is CS(=O)(=O)N(CC(=O)N1CCN(C(c2ccccc2)c2ccccc2)CC1)c1cccc2ccccc12. The van der Waals surface area contributed by atoms with E-state index in [2.05, 4.69) is 53.4 Å². The zero-order valence-corrected chi connectivity index (χ0v) is 21.7. The third kappa shape index (κ3) is 5.53. The molecule has 0 aliphatic carbocycles. The Labute approximate surface area is 218 Å². The molecule has 7 heteroatoms. The Kier molecular flexibility index (Phi) is 7.26. The number of anilines is 1. The second-order valence-electron chi connectivity index (χ2n) is 9.41. The van der Waals surface area contributed by atoms with Gasteiger partial charge in [-0.2, -0.15) is 0 Å². The molecule has 1 heterocycles. The van der Waals surface area contributed by atoms with Gasteiger partial charge in [0.2, 0.25) is 15.9 Å². The molecule has 0 unspecified atom stereocenters. The van der Waals surface area contributed by atoms with Crippen molar-refractivity contribution in [3.8, 4) is 0 Å². The van der Waals surface area contributed by atoms with Crippen LogP contribution in [0.3, 0.4) is 0 Å². The van der Waals surface area contributed by atoms with Gasteiger partial charge < -0.3 is 4.90 Å². The fourth-order valence-corrected chi connectivity index (χ4v) is 6.01. The summed E-state index contributed by atoms with van der Waals surface area (Å²) in [6.07, 6.45) is 1.16. The van der Waals surface area contributed by atoms with Crippen LogP contribution < -0.4 is 4.31 Å². The van der Waals surface area contributed by atoms with E-state index in [4.69, 9.17) is 0 Å². The summed E-state index contributed by atoms with van der Waals surface area (Å²) in [5, 5.41) is 1.74. The smallest absolute Gasteiger partial charge is 0.243 e. The Morgan fingerprint density at radius 2 is 1.30 bits per heavy atom. The standard InChI is InChI=1S/C30H31N3O3S/c1-37(35,36)33(28-18-10-16-24-11-8-9-17-27(24)28)23-29(34)31-19-21-32(22-20-31)30(25-12-4-2-5-13-25)26-14-6-3-7-15-26/h2-18,30H,19-23H2,1H3. The number of nitrogens with zero attached hydrogens (tertiary/aromatic N) is 3. The fraction of sp³-hybridized carbons (Fsp3) is 0.233. The Morgan fingerprint density at radius 3 is 1.89 bits per heavy atom. The van der Waals surface area contributed by atoms with E-state index >= 15 is 0 Å². The lowest BCUT2D eigenvalue weighted by Crippen LogP contribution is -2.52. The molecule has 0 saturated carbocycles. The van der Waals surface area contributed by atoms with Gasteiger partial charge in [0.25, 0.3) is 0 Å². The molecule has 1 aliphatic heterocycles. The van der Waals surface area contributed by atoms with Crippen LogP contribution in [0.2, 0.25) is 0 Å². The number of sulfonamides is 1. The van der Waals surface area contributed by atoms with Gasteiger partial charge in [-0.3, -0.25) is 14.0 Å². The molecule has 4 aromatic rings. The molecule has 0 N–H and O–H groups in total. The van der Waals surface area contributed by atoms with Gasteiger partial charge in [-0.05, 0) is 22.6 Å². The quantitative estimate of drug-likeness (QED) is 0.364. The Balaban J connectivity index is 1.33. The Hall–Kier alpha value is -3.68. The lowest BCUT2D eigenvalue weighted by atomic mass is 9.96. The van der Waals surface area contributed by atoms with Crippen molar-refractivity contribution in [2.24, 2.45) is 0 Å². The highest BCUT2D eigenvalue weighted by Gasteiger charge is 2.30. The van der Waals surface area contributed by atoms with Gasteiger partial charge in [-0.1, -0.05) is 97.1 Å². The summed E-state index contributed by atoms with van der Waals surface area (Å²) < 4.78 is 26.8. The second-order valence-corrected chi connectivity index (χ2v) is 11.3. The first-order chi connectivity index (χ1) is 17.9. The van der Waals surface area contributed by atoms with E-state index in [1.54, 1.807) is 11.0 Å². The van der Waals surface area contributed by atoms with E-state index in [0.29, 0.717) is 31.9 Å². The first-order valence-electron chi connectivity index (χ1n) is 12.5. The van der Waals surface area contributed by atoms with Crippen LogP contribution in [0.5, 0.6) is 0 Å². The number of hydrogen-bond acceptors (Lipinski definition) is 4. The molecule has 0 radical (unpaired) electrons. The summed E-state index contributed by atoms with van der Waals surface area (Å²) in [4.78, 5) is 17.6. The molecular weight excluding hydrogens is 482 g/mol. The molecule has 0 spiro atoms. The summed E-state index contributed by atoms with van der Waals surface area (Å²) in [5.41, 5.74) is 2.96. The van der Waals surface area contributed by atoms with E-state index in [-0.39, 0.29) is 18.5 Å². The van der Waals surface area contributed by atoms with Gasteiger partial charge in [0, 0.05) is 31.6 Å². The van der Waals surface area contributed by atoms with Crippen molar-refractivity contribution in [3.63, 3.8) is 0 Å². The number of rotatable bonds is 7. The maximum Gasteiger partial charge on any atom is 0.243 e. The minimum atomic E-state index is -3.66. The number of benzene rings is 4. The van der Waals surface area contributed by atoms with Gasteiger partial charge >= 0.3 is 0 Å². The van der Waals surface area contributed by atoms with Crippen molar-refractivity contribution in [3.05, 3.63) is 114 Å². The van der Waals surface area contributed by atoms with Gasteiger partial charge in [-0.25, -0.2) is 8.42 Å². The number of fused-ring (bicyclic) bond motifs is 1. The van der Waals surface area contributed by atoms with Crippen LogP contribution in [0, 0.1) is 0 Å². The summed E-state index contributed by atoms with van der Waals surface area (Å²) in [6.45, 7) is 2.28. The molecule has 1 aliphatic rings. The molecular formula is C30H31N3O3S. The average molecular weight is 514 g/mol. The summed E-state index contributed by atoms with van der Waals surface area (Å²) >= 11 is 0. The van der Waals surface area contributed by atoms with Crippen molar-refractivity contribution in [2.75, 3.05) is 43.3 Å². The summed E-state index contributed by atoms with van der Waals surface area (Å²) in [7, 11) is -3.66. The van der Waals surface area contributed by atoms with Gasteiger partial charge in [0.1, 0.15) is 6.54 Å². The van der Waals surface area contributed by atoms with Crippen LogP contribution in [0.1, 0.15) is 17.2 Å². The van der Waals surface area contributed by atoms with Crippen LogP contribution in [0.15, 0.2) is 103 Å². The molecule has 0 atom stereocenters. The van der Waals surface area contributed by atoms with Crippen LogP contribution >= 0.6 is 0 Å². The third-order valence-electron chi connectivity index (χ3n) is 6.98. The number of carbonyl (C=O) groups excluding carboxylic acids is 1. The summed E-state index contributed by atoms with van der Waals surface area (Å²) in [6, 6.07) is 34.1. The lowest BCUT2D eigenvalue weighted by molar-refractivity contribution is -0.131. The monoisotopic (exact) mass is 513 g/mol. The largest absolute Gasteiger partial charge is 0.339 e. The van der Waals surface area contributed by atoms with E-state index in [1.165, 1.54) is 15.4 Å². The van der Waals surface area contributed by atoms with Crippen LogP contribution in [0.4, 0.5) is 5.69 Å². The van der Waals surface area contributed by atoms with Crippen LogP contribution in [0.25, 0.3) is 10.8 Å². The Bertz CT molecular complexity index is 1420. The molecule has 37 heavy (non-hydrogen) atoms. The van der Waals surface area contributed by atoms with Crippen molar-refractivity contribution in [2.45, 2.75) is 6.04 Å². The van der Waals surface area contributed by atoms with E-state index in [1.807, 2.05) is 48.5 Å². The van der Waals surface area contributed by atoms with Gasteiger partial charge in [-0.15, -0.1) is 0 Å². The van der Waals surface area contributed by atoms with Gasteiger partial charge in [0.15, 0.2) is 0 Å².